The van der Waals surface area contributed by atoms with E-state index in [1.165, 1.54) is 24.8 Å². The fraction of sp³-hybridized carbons (Fsp3) is 0.600. The van der Waals surface area contributed by atoms with Crippen molar-refractivity contribution in [2.45, 2.75) is 45.6 Å². The molecule has 0 aromatic heterocycles. The molecule has 1 unspecified atom stereocenters. The van der Waals surface area contributed by atoms with E-state index in [9.17, 15) is 0 Å². The second-order valence-corrected chi connectivity index (χ2v) is 5.43. The van der Waals surface area contributed by atoms with Crippen molar-refractivity contribution in [3.63, 3.8) is 0 Å². The Bertz CT molecular complexity index is 312. The van der Waals surface area contributed by atoms with E-state index in [0.29, 0.717) is 14.7 Å². The Hall–Kier alpha value is -0.390. The van der Waals surface area contributed by atoms with E-state index in [4.69, 9.17) is 4.52 Å². The third-order valence-corrected chi connectivity index (χ3v) is 4.22. The van der Waals surface area contributed by atoms with Crippen LogP contribution in [0.1, 0.15) is 45.6 Å². The van der Waals surface area contributed by atoms with Crippen molar-refractivity contribution < 1.29 is 4.52 Å². The second-order valence-electron chi connectivity index (χ2n) is 4.82. The summed E-state index contributed by atoms with van der Waals surface area (Å²) in [6.07, 6.45) is 3.76. The van der Waals surface area contributed by atoms with Crippen LogP contribution < -0.4 is 0 Å². The summed E-state index contributed by atoms with van der Waals surface area (Å²) in [4.78, 5) is 0. The first-order valence-corrected chi connectivity index (χ1v) is 7.96. The zero-order valence-electron chi connectivity index (χ0n) is 11.5. The van der Waals surface area contributed by atoms with Gasteiger partial charge in [-0.2, -0.15) is 0 Å². The van der Waals surface area contributed by atoms with Gasteiger partial charge in [-0.3, -0.25) is 0 Å². The van der Waals surface area contributed by atoms with Crippen LogP contribution in [0.25, 0.3) is 0 Å². The monoisotopic (exact) mass is 252 g/mol. The van der Waals surface area contributed by atoms with Crippen LogP contribution in [0.15, 0.2) is 30.3 Å². The molecule has 0 aliphatic rings. The Labute approximate surface area is 108 Å². The summed E-state index contributed by atoms with van der Waals surface area (Å²) in [6.45, 7) is 8.89. The van der Waals surface area contributed by atoms with Gasteiger partial charge in [0.05, 0.1) is 5.60 Å². The lowest BCUT2D eigenvalue weighted by Crippen LogP contribution is -2.31. The molecule has 1 aromatic carbocycles. The van der Waals surface area contributed by atoms with E-state index in [1.54, 1.807) is 0 Å². The molecule has 0 spiro atoms. The van der Waals surface area contributed by atoms with Gasteiger partial charge in [0.2, 0.25) is 0 Å². The number of hydrogen-bond acceptors (Lipinski definition) is 1. The van der Waals surface area contributed by atoms with Crippen LogP contribution in [0.5, 0.6) is 0 Å². The lowest BCUT2D eigenvalue weighted by Gasteiger charge is -2.36. The standard InChI is InChI=1S/C15H25OP/c1-5-6-10-13(2)15(3,16-17-4)14-11-8-7-9-12-14/h7-9,11-13,17H,5-6,10H2,1-4H3/t13-,15-/m0/s1. The molecule has 0 N–H and O–H groups in total. The van der Waals surface area contributed by atoms with Gasteiger partial charge in [-0.1, -0.05) is 57.0 Å². The topological polar surface area (TPSA) is 9.23 Å². The maximum atomic E-state index is 6.10. The number of unbranched alkanes of at least 4 members (excludes halogenated alkanes) is 1. The van der Waals surface area contributed by atoms with Gasteiger partial charge in [0.15, 0.2) is 0 Å². The zero-order valence-corrected chi connectivity index (χ0v) is 12.5. The molecule has 17 heavy (non-hydrogen) atoms. The maximum Gasteiger partial charge on any atom is 0.0967 e. The zero-order chi connectivity index (χ0) is 12.7. The van der Waals surface area contributed by atoms with Crippen LogP contribution in [0.2, 0.25) is 0 Å². The highest BCUT2D eigenvalue weighted by Crippen LogP contribution is 2.40. The maximum absolute atomic E-state index is 6.10. The van der Waals surface area contributed by atoms with E-state index >= 15 is 0 Å². The normalized spacial score (nSPS) is 17.2. The smallest absolute Gasteiger partial charge is 0.0967 e. The molecule has 3 atom stereocenters. The van der Waals surface area contributed by atoms with Crippen LogP contribution in [0.3, 0.4) is 0 Å². The van der Waals surface area contributed by atoms with Crippen molar-refractivity contribution in [3.05, 3.63) is 35.9 Å². The molecule has 0 amide bonds. The first-order chi connectivity index (χ1) is 8.15. The first kappa shape index (κ1) is 14.7. The molecule has 96 valence electrons. The van der Waals surface area contributed by atoms with Gasteiger partial charge in [-0.25, -0.2) is 0 Å². The van der Waals surface area contributed by atoms with Crippen LogP contribution in [0.4, 0.5) is 0 Å². The molecular formula is C15H25OP. The number of hydrogen-bond donors (Lipinski definition) is 0. The minimum atomic E-state index is -0.135. The molecule has 0 heterocycles. The van der Waals surface area contributed by atoms with Crippen molar-refractivity contribution in [1.82, 2.24) is 0 Å². The minimum Gasteiger partial charge on any atom is -0.352 e. The van der Waals surface area contributed by atoms with E-state index in [2.05, 4.69) is 57.8 Å². The van der Waals surface area contributed by atoms with E-state index < -0.39 is 0 Å². The number of rotatable bonds is 7. The predicted molar refractivity (Wildman–Crippen MR) is 77.8 cm³/mol. The van der Waals surface area contributed by atoms with E-state index in [1.807, 2.05) is 0 Å². The Balaban J connectivity index is 2.88. The molecule has 1 aromatic rings. The van der Waals surface area contributed by atoms with Crippen LogP contribution in [-0.2, 0) is 10.1 Å². The average molecular weight is 252 g/mol. The molecule has 0 bridgehead atoms. The molecule has 0 saturated heterocycles. The molecular weight excluding hydrogens is 227 g/mol. The van der Waals surface area contributed by atoms with E-state index in [-0.39, 0.29) is 5.60 Å². The SMILES string of the molecule is CCCC[C@H](C)[C@](C)(OPC)c1ccccc1. The van der Waals surface area contributed by atoms with Gasteiger partial charge in [0.25, 0.3) is 0 Å². The molecule has 0 radical (unpaired) electrons. The summed E-state index contributed by atoms with van der Waals surface area (Å²) in [6, 6.07) is 10.6. The summed E-state index contributed by atoms with van der Waals surface area (Å²) in [7, 11) is 0.533. The minimum absolute atomic E-state index is 0.135. The average Bonchev–Trinajstić information content (AvgIpc) is 2.37. The summed E-state index contributed by atoms with van der Waals surface area (Å²) in [5, 5.41) is 0. The molecule has 0 saturated carbocycles. The molecule has 1 rings (SSSR count). The van der Waals surface area contributed by atoms with Gasteiger partial charge in [-0.15, -0.1) is 0 Å². The fourth-order valence-electron chi connectivity index (χ4n) is 2.21. The van der Waals surface area contributed by atoms with Crippen molar-refractivity contribution in [1.29, 1.82) is 0 Å². The summed E-state index contributed by atoms with van der Waals surface area (Å²) in [5.74, 6) is 0.553. The third kappa shape index (κ3) is 3.79. The highest BCUT2D eigenvalue weighted by molar-refractivity contribution is 7.31. The van der Waals surface area contributed by atoms with E-state index in [0.717, 1.165) is 0 Å². The van der Waals surface area contributed by atoms with Crippen molar-refractivity contribution in [2.24, 2.45) is 5.92 Å². The largest absolute Gasteiger partial charge is 0.352 e. The highest BCUT2D eigenvalue weighted by atomic mass is 31.1. The van der Waals surface area contributed by atoms with Gasteiger partial charge in [-0.05, 0) is 31.5 Å². The highest BCUT2D eigenvalue weighted by Gasteiger charge is 2.33. The van der Waals surface area contributed by atoms with Gasteiger partial charge >= 0.3 is 0 Å². The quantitative estimate of drug-likeness (QED) is 0.623. The third-order valence-electron chi connectivity index (χ3n) is 3.59. The second kappa shape index (κ2) is 7.13. The van der Waals surface area contributed by atoms with Crippen LogP contribution >= 0.6 is 8.81 Å². The van der Waals surface area contributed by atoms with Crippen molar-refractivity contribution in [3.8, 4) is 0 Å². The Morgan fingerprint density at radius 2 is 1.94 bits per heavy atom. The summed E-state index contributed by atoms with van der Waals surface area (Å²) >= 11 is 0. The lowest BCUT2D eigenvalue weighted by molar-refractivity contribution is 0.0416. The van der Waals surface area contributed by atoms with Gasteiger partial charge < -0.3 is 4.52 Å². The molecule has 0 aliphatic heterocycles. The van der Waals surface area contributed by atoms with Crippen LogP contribution in [0, 0.1) is 5.92 Å². The Morgan fingerprint density at radius 1 is 1.29 bits per heavy atom. The van der Waals surface area contributed by atoms with Crippen LogP contribution in [-0.4, -0.2) is 6.66 Å². The molecule has 0 fully saturated rings. The summed E-state index contributed by atoms with van der Waals surface area (Å²) < 4.78 is 6.10. The lowest BCUT2D eigenvalue weighted by atomic mass is 9.81. The molecule has 2 heteroatoms. The number of benzene rings is 1. The van der Waals surface area contributed by atoms with Crippen molar-refractivity contribution in [2.75, 3.05) is 6.66 Å². The summed E-state index contributed by atoms with van der Waals surface area (Å²) in [5.41, 5.74) is 1.17. The van der Waals surface area contributed by atoms with Gasteiger partial charge in [0, 0.05) is 8.81 Å². The molecule has 0 aliphatic carbocycles. The van der Waals surface area contributed by atoms with Gasteiger partial charge in [0.1, 0.15) is 0 Å². The Morgan fingerprint density at radius 3 is 2.47 bits per heavy atom. The predicted octanol–water partition coefficient (Wildman–Crippen LogP) is 4.97. The Kier molecular flexibility index (Phi) is 6.16. The first-order valence-electron chi connectivity index (χ1n) is 6.55. The fourth-order valence-corrected chi connectivity index (χ4v) is 2.95. The molecule has 1 nitrogen and oxygen atoms in total. The van der Waals surface area contributed by atoms with Crippen molar-refractivity contribution >= 4 is 8.81 Å².